The predicted molar refractivity (Wildman–Crippen MR) is 70.3 cm³/mol. The summed E-state index contributed by atoms with van der Waals surface area (Å²) >= 11 is 3.30. The lowest BCUT2D eigenvalue weighted by Crippen LogP contribution is -1.80. The van der Waals surface area contributed by atoms with E-state index >= 15 is 0 Å². The van der Waals surface area contributed by atoms with Gasteiger partial charge < -0.3 is 4.42 Å². The van der Waals surface area contributed by atoms with Gasteiger partial charge in [0.1, 0.15) is 16.4 Å². The predicted octanol–water partition coefficient (Wildman–Crippen LogP) is 3.46. The molecule has 0 spiro atoms. The Morgan fingerprint density at radius 1 is 1.22 bits per heavy atom. The number of pyridine rings is 1. The molecule has 0 aliphatic carbocycles. The first-order chi connectivity index (χ1) is 8.76. The van der Waals surface area contributed by atoms with Crippen LogP contribution in [-0.2, 0) is 0 Å². The molecule has 88 valence electrons. The van der Waals surface area contributed by atoms with Crippen LogP contribution in [0.4, 0.5) is 0 Å². The molecule has 0 radical (unpaired) electrons. The summed E-state index contributed by atoms with van der Waals surface area (Å²) in [7, 11) is 0. The SMILES string of the molecule is O=Cc1ccc2oc(-c3ccnc(Br)c3)nc2c1. The fourth-order valence-corrected chi connectivity index (χ4v) is 2.04. The quantitative estimate of drug-likeness (QED) is 0.537. The maximum Gasteiger partial charge on any atom is 0.227 e. The number of hydrogen-bond acceptors (Lipinski definition) is 4. The molecule has 0 saturated heterocycles. The average molecular weight is 303 g/mol. The van der Waals surface area contributed by atoms with E-state index in [1.807, 2.05) is 12.1 Å². The second-order valence-corrected chi connectivity index (χ2v) is 4.54. The van der Waals surface area contributed by atoms with Gasteiger partial charge in [-0.1, -0.05) is 0 Å². The van der Waals surface area contributed by atoms with E-state index in [-0.39, 0.29) is 0 Å². The number of fused-ring (bicyclic) bond motifs is 1. The van der Waals surface area contributed by atoms with Crippen molar-refractivity contribution in [3.8, 4) is 11.5 Å². The van der Waals surface area contributed by atoms with Gasteiger partial charge in [-0.25, -0.2) is 9.97 Å². The highest BCUT2D eigenvalue weighted by Gasteiger charge is 2.09. The van der Waals surface area contributed by atoms with E-state index in [9.17, 15) is 4.79 Å². The molecule has 2 aromatic heterocycles. The molecule has 0 saturated carbocycles. The van der Waals surface area contributed by atoms with Crippen LogP contribution < -0.4 is 0 Å². The summed E-state index contributed by atoms with van der Waals surface area (Å²) in [6.45, 7) is 0. The Morgan fingerprint density at radius 3 is 2.89 bits per heavy atom. The minimum absolute atomic E-state index is 0.510. The number of carbonyl (C=O) groups excluding carboxylic acids is 1. The summed E-state index contributed by atoms with van der Waals surface area (Å²) < 4.78 is 6.35. The van der Waals surface area contributed by atoms with E-state index in [0.717, 1.165) is 16.5 Å². The largest absolute Gasteiger partial charge is 0.436 e. The number of nitrogens with zero attached hydrogens (tertiary/aromatic N) is 2. The van der Waals surface area contributed by atoms with E-state index < -0.39 is 0 Å². The molecule has 0 aliphatic rings. The number of rotatable bonds is 2. The van der Waals surface area contributed by atoms with Crippen LogP contribution >= 0.6 is 15.9 Å². The standard InChI is InChI=1S/C13H7BrN2O2/c14-12-6-9(3-4-15-12)13-16-10-5-8(7-17)1-2-11(10)18-13/h1-7H. The van der Waals surface area contributed by atoms with Gasteiger partial charge in [-0.3, -0.25) is 4.79 Å². The number of benzene rings is 1. The highest BCUT2D eigenvalue weighted by Crippen LogP contribution is 2.25. The second-order valence-electron chi connectivity index (χ2n) is 3.73. The van der Waals surface area contributed by atoms with Crippen molar-refractivity contribution < 1.29 is 9.21 Å². The van der Waals surface area contributed by atoms with Crippen molar-refractivity contribution in [1.29, 1.82) is 0 Å². The molecule has 0 unspecified atom stereocenters. The van der Waals surface area contributed by atoms with Crippen LogP contribution in [-0.4, -0.2) is 16.3 Å². The molecular weight excluding hydrogens is 296 g/mol. The van der Waals surface area contributed by atoms with Crippen molar-refractivity contribution >= 4 is 33.3 Å². The summed E-state index contributed by atoms with van der Waals surface area (Å²) in [4.78, 5) is 19.1. The Morgan fingerprint density at radius 2 is 2.11 bits per heavy atom. The highest BCUT2D eigenvalue weighted by molar-refractivity contribution is 9.10. The molecule has 3 rings (SSSR count). The minimum atomic E-state index is 0.510. The van der Waals surface area contributed by atoms with E-state index in [2.05, 4.69) is 25.9 Å². The Balaban J connectivity index is 2.16. The maximum absolute atomic E-state index is 10.7. The first-order valence-electron chi connectivity index (χ1n) is 5.24. The third-order valence-electron chi connectivity index (χ3n) is 2.52. The number of halogens is 1. The van der Waals surface area contributed by atoms with Crippen LogP contribution in [0.3, 0.4) is 0 Å². The topological polar surface area (TPSA) is 56.0 Å². The van der Waals surface area contributed by atoms with Crippen molar-refractivity contribution in [1.82, 2.24) is 9.97 Å². The lowest BCUT2D eigenvalue weighted by Gasteiger charge is -1.94. The molecule has 0 bridgehead atoms. The van der Waals surface area contributed by atoms with Crippen molar-refractivity contribution in [3.05, 3.63) is 46.7 Å². The molecule has 0 amide bonds. The molecule has 2 heterocycles. The second kappa shape index (κ2) is 4.34. The Kier molecular flexibility index (Phi) is 2.68. The number of hydrogen-bond donors (Lipinski definition) is 0. The fourth-order valence-electron chi connectivity index (χ4n) is 1.68. The molecule has 0 fully saturated rings. The fraction of sp³-hybridized carbons (Fsp3) is 0. The molecule has 1 aromatic carbocycles. The molecule has 0 N–H and O–H groups in total. The van der Waals surface area contributed by atoms with Crippen molar-refractivity contribution in [2.45, 2.75) is 0 Å². The minimum Gasteiger partial charge on any atom is -0.436 e. The Labute approximate surface area is 111 Å². The van der Waals surface area contributed by atoms with Crippen LogP contribution in [0.15, 0.2) is 45.5 Å². The van der Waals surface area contributed by atoms with E-state index in [4.69, 9.17) is 4.42 Å². The van der Waals surface area contributed by atoms with Gasteiger partial charge in [0, 0.05) is 17.3 Å². The third-order valence-corrected chi connectivity index (χ3v) is 2.95. The maximum atomic E-state index is 10.7. The van der Waals surface area contributed by atoms with Crippen molar-refractivity contribution in [2.75, 3.05) is 0 Å². The smallest absolute Gasteiger partial charge is 0.227 e. The lowest BCUT2D eigenvalue weighted by atomic mass is 10.2. The van der Waals surface area contributed by atoms with Gasteiger partial charge in [-0.2, -0.15) is 0 Å². The Hall–Kier alpha value is -2.01. The number of oxazole rings is 1. The van der Waals surface area contributed by atoms with Gasteiger partial charge >= 0.3 is 0 Å². The molecule has 0 aliphatic heterocycles. The van der Waals surface area contributed by atoms with Crippen LogP contribution in [0, 0.1) is 0 Å². The van der Waals surface area contributed by atoms with Gasteiger partial charge in [0.25, 0.3) is 0 Å². The van der Waals surface area contributed by atoms with Crippen LogP contribution in [0.1, 0.15) is 10.4 Å². The Bertz CT molecular complexity index is 737. The molecule has 18 heavy (non-hydrogen) atoms. The van der Waals surface area contributed by atoms with Gasteiger partial charge in [0.15, 0.2) is 5.58 Å². The number of aromatic nitrogens is 2. The molecule has 4 nitrogen and oxygen atoms in total. The van der Waals surface area contributed by atoms with E-state index in [0.29, 0.717) is 22.6 Å². The average Bonchev–Trinajstić information content (AvgIpc) is 2.81. The van der Waals surface area contributed by atoms with Gasteiger partial charge in [0.2, 0.25) is 5.89 Å². The molecular formula is C13H7BrN2O2. The summed E-state index contributed by atoms with van der Waals surface area (Å²) in [6, 6.07) is 8.78. The zero-order valence-electron chi connectivity index (χ0n) is 9.13. The molecule has 5 heteroatoms. The summed E-state index contributed by atoms with van der Waals surface area (Å²) in [6.07, 6.45) is 2.46. The summed E-state index contributed by atoms with van der Waals surface area (Å²) in [5, 5.41) is 0. The first-order valence-corrected chi connectivity index (χ1v) is 6.03. The molecule has 3 aromatic rings. The highest BCUT2D eigenvalue weighted by atomic mass is 79.9. The van der Waals surface area contributed by atoms with E-state index in [1.54, 1.807) is 24.4 Å². The summed E-state index contributed by atoms with van der Waals surface area (Å²) in [5.74, 6) is 0.510. The summed E-state index contributed by atoms with van der Waals surface area (Å²) in [5.41, 5.74) is 2.74. The number of carbonyl (C=O) groups is 1. The van der Waals surface area contributed by atoms with Gasteiger partial charge in [0.05, 0.1) is 0 Å². The van der Waals surface area contributed by atoms with Crippen LogP contribution in [0.2, 0.25) is 0 Å². The van der Waals surface area contributed by atoms with Crippen molar-refractivity contribution in [2.24, 2.45) is 0 Å². The van der Waals surface area contributed by atoms with Crippen molar-refractivity contribution in [3.63, 3.8) is 0 Å². The zero-order chi connectivity index (χ0) is 12.5. The zero-order valence-corrected chi connectivity index (χ0v) is 10.7. The van der Waals surface area contributed by atoms with Crippen LogP contribution in [0.5, 0.6) is 0 Å². The van der Waals surface area contributed by atoms with Crippen LogP contribution in [0.25, 0.3) is 22.6 Å². The number of aldehydes is 1. The molecule has 0 atom stereocenters. The third kappa shape index (κ3) is 1.93. The van der Waals surface area contributed by atoms with Gasteiger partial charge in [-0.15, -0.1) is 0 Å². The normalized spacial score (nSPS) is 10.7. The first kappa shape index (κ1) is 11.1. The van der Waals surface area contributed by atoms with E-state index in [1.165, 1.54) is 0 Å². The monoisotopic (exact) mass is 302 g/mol. The lowest BCUT2D eigenvalue weighted by molar-refractivity contribution is 0.112. The van der Waals surface area contributed by atoms with Gasteiger partial charge in [-0.05, 0) is 46.3 Å².